The van der Waals surface area contributed by atoms with Gasteiger partial charge in [-0.15, -0.1) is 0 Å². The summed E-state index contributed by atoms with van der Waals surface area (Å²) in [4.78, 5) is 20.0. The Hall–Kier alpha value is -3.88. The van der Waals surface area contributed by atoms with Crippen molar-refractivity contribution in [2.45, 2.75) is 45.6 Å². The van der Waals surface area contributed by atoms with Crippen molar-refractivity contribution in [3.05, 3.63) is 71.4 Å². The number of anilines is 1. The van der Waals surface area contributed by atoms with Crippen LogP contribution in [-0.2, 0) is 25.4 Å². The average Bonchev–Trinajstić information content (AvgIpc) is 3.41. The number of benzene rings is 2. The summed E-state index contributed by atoms with van der Waals surface area (Å²) in [5, 5.41) is 0. The summed E-state index contributed by atoms with van der Waals surface area (Å²) in [5.74, 6) is 1.57. The van der Waals surface area contributed by atoms with Gasteiger partial charge >= 0.3 is 5.97 Å². The molecule has 0 aliphatic carbocycles. The summed E-state index contributed by atoms with van der Waals surface area (Å²) in [6.07, 6.45) is 4.03. The number of methoxy groups -OCH3 is 1. The standard InChI is InChI=1S/C34H39N3O5/c1-23-8-9-30-28(18-23)25-6-5-7-26(20-25)29-22-37-31(35-29)19-24(2)27(21-32(38)39-4)33(37)36-12-10-34(3,11-13-36)42-17-15-40-14-16-41-30/h5-9,18-20,22H,10-17,21H2,1-4H3. The van der Waals surface area contributed by atoms with Crippen LogP contribution in [0.2, 0.25) is 0 Å². The molecule has 2 aromatic heterocycles. The van der Waals surface area contributed by atoms with Crippen molar-refractivity contribution in [3.63, 3.8) is 0 Å². The third kappa shape index (κ3) is 5.74. The lowest BCUT2D eigenvalue weighted by molar-refractivity contribution is -0.139. The summed E-state index contributed by atoms with van der Waals surface area (Å²) < 4.78 is 25.6. The molecule has 220 valence electrons. The van der Waals surface area contributed by atoms with Crippen molar-refractivity contribution < 1.29 is 23.7 Å². The number of fused-ring (bicyclic) bond motifs is 8. The molecule has 42 heavy (non-hydrogen) atoms. The van der Waals surface area contributed by atoms with E-state index in [4.69, 9.17) is 23.9 Å². The molecule has 8 heteroatoms. The van der Waals surface area contributed by atoms with Gasteiger partial charge < -0.3 is 23.8 Å². The zero-order valence-electron chi connectivity index (χ0n) is 24.9. The third-order valence-electron chi connectivity index (χ3n) is 8.49. The largest absolute Gasteiger partial charge is 0.491 e. The predicted octanol–water partition coefficient (Wildman–Crippen LogP) is 5.79. The smallest absolute Gasteiger partial charge is 0.310 e. The van der Waals surface area contributed by atoms with Gasteiger partial charge in [-0.25, -0.2) is 4.98 Å². The first-order chi connectivity index (χ1) is 20.3. The molecule has 0 atom stereocenters. The Kier molecular flexibility index (Phi) is 7.92. The number of aryl methyl sites for hydroxylation is 2. The number of piperidine rings is 1. The molecular formula is C34H39N3O5. The van der Waals surface area contributed by atoms with E-state index in [2.05, 4.69) is 78.7 Å². The highest BCUT2D eigenvalue weighted by molar-refractivity contribution is 5.79. The van der Waals surface area contributed by atoms with Crippen molar-refractivity contribution in [2.75, 3.05) is 51.5 Å². The molecule has 0 radical (unpaired) electrons. The van der Waals surface area contributed by atoms with Gasteiger partial charge in [-0.3, -0.25) is 9.20 Å². The average molecular weight is 570 g/mol. The lowest BCUT2D eigenvalue weighted by Gasteiger charge is -2.41. The Morgan fingerprint density at radius 2 is 1.79 bits per heavy atom. The number of nitrogens with zero attached hydrogens (tertiary/aromatic N) is 3. The number of esters is 1. The zero-order valence-corrected chi connectivity index (χ0v) is 24.9. The lowest BCUT2D eigenvalue weighted by atomic mass is 9.92. The topological polar surface area (TPSA) is 74.5 Å². The van der Waals surface area contributed by atoms with Crippen LogP contribution >= 0.6 is 0 Å². The molecule has 0 unspecified atom stereocenters. The number of hydrogen-bond donors (Lipinski definition) is 0. The normalized spacial score (nSPS) is 17.1. The minimum Gasteiger partial charge on any atom is -0.491 e. The highest BCUT2D eigenvalue weighted by Crippen LogP contribution is 2.37. The SMILES string of the molecule is COC(=O)Cc1c(C)cc2nc3cn2c1N1CCC(C)(CC1)OCCOCCOc1ccc(C)cc1-c1cccc-3c1. The van der Waals surface area contributed by atoms with Gasteiger partial charge in [0.1, 0.15) is 23.8 Å². The highest BCUT2D eigenvalue weighted by atomic mass is 16.6. The van der Waals surface area contributed by atoms with E-state index < -0.39 is 0 Å². The Morgan fingerprint density at radius 1 is 1.00 bits per heavy atom. The van der Waals surface area contributed by atoms with Gasteiger partial charge in [-0.05, 0) is 69.0 Å². The van der Waals surface area contributed by atoms with E-state index in [9.17, 15) is 4.79 Å². The van der Waals surface area contributed by atoms with Gasteiger partial charge in [-0.1, -0.05) is 29.8 Å². The molecule has 5 heterocycles. The van der Waals surface area contributed by atoms with E-state index >= 15 is 0 Å². The first-order valence-corrected chi connectivity index (χ1v) is 14.7. The molecule has 0 spiro atoms. The molecule has 3 aliphatic rings. The lowest BCUT2D eigenvalue weighted by Crippen LogP contribution is -2.45. The van der Waals surface area contributed by atoms with E-state index in [0.717, 1.165) is 82.2 Å². The van der Waals surface area contributed by atoms with Crippen molar-refractivity contribution in [1.82, 2.24) is 9.38 Å². The Bertz CT molecular complexity index is 1600. The van der Waals surface area contributed by atoms with Crippen LogP contribution in [0.25, 0.3) is 28.0 Å². The number of pyridine rings is 1. The van der Waals surface area contributed by atoms with Gasteiger partial charge in [-0.2, -0.15) is 0 Å². The Balaban J connectivity index is 1.49. The molecule has 3 aliphatic heterocycles. The van der Waals surface area contributed by atoms with Gasteiger partial charge in [0, 0.05) is 36.0 Å². The van der Waals surface area contributed by atoms with E-state index in [-0.39, 0.29) is 18.0 Å². The maximum atomic E-state index is 12.5. The van der Waals surface area contributed by atoms with Crippen LogP contribution in [0.3, 0.4) is 0 Å². The summed E-state index contributed by atoms with van der Waals surface area (Å²) in [5.41, 5.74) is 7.74. The maximum Gasteiger partial charge on any atom is 0.310 e. The monoisotopic (exact) mass is 569 g/mol. The summed E-state index contributed by atoms with van der Waals surface area (Å²) in [6.45, 7) is 9.93. The van der Waals surface area contributed by atoms with E-state index in [1.165, 1.54) is 7.11 Å². The molecule has 1 saturated heterocycles. The number of imidazole rings is 1. The van der Waals surface area contributed by atoms with Crippen LogP contribution in [-0.4, -0.2) is 67.6 Å². The quantitative estimate of drug-likeness (QED) is 0.224. The van der Waals surface area contributed by atoms with Crippen LogP contribution in [0.4, 0.5) is 5.82 Å². The van der Waals surface area contributed by atoms with Crippen LogP contribution in [0.15, 0.2) is 54.7 Å². The molecule has 4 aromatic rings. The molecule has 0 amide bonds. The number of carbonyl (C=O) groups is 1. The fourth-order valence-corrected chi connectivity index (χ4v) is 6.02. The second-order valence-electron chi connectivity index (χ2n) is 11.6. The first-order valence-electron chi connectivity index (χ1n) is 14.7. The highest BCUT2D eigenvalue weighted by Gasteiger charge is 2.33. The molecule has 0 saturated carbocycles. The van der Waals surface area contributed by atoms with Crippen LogP contribution < -0.4 is 9.64 Å². The summed E-state index contributed by atoms with van der Waals surface area (Å²) in [7, 11) is 1.44. The second-order valence-corrected chi connectivity index (χ2v) is 11.6. The van der Waals surface area contributed by atoms with E-state index in [0.29, 0.717) is 26.4 Å². The van der Waals surface area contributed by atoms with Crippen LogP contribution in [0.1, 0.15) is 36.5 Å². The fraction of sp³-hybridized carbons (Fsp3) is 0.412. The van der Waals surface area contributed by atoms with Gasteiger partial charge in [0.25, 0.3) is 0 Å². The van der Waals surface area contributed by atoms with Crippen LogP contribution in [0.5, 0.6) is 5.75 Å². The van der Waals surface area contributed by atoms with Gasteiger partial charge in [0.15, 0.2) is 0 Å². The predicted molar refractivity (Wildman–Crippen MR) is 163 cm³/mol. The van der Waals surface area contributed by atoms with Crippen molar-refractivity contribution in [1.29, 1.82) is 0 Å². The Labute approximate surface area is 247 Å². The van der Waals surface area contributed by atoms with Crippen LogP contribution in [0, 0.1) is 13.8 Å². The first kappa shape index (κ1) is 28.2. The van der Waals surface area contributed by atoms with Crippen molar-refractivity contribution in [3.8, 4) is 28.1 Å². The number of ether oxygens (including phenoxy) is 4. The summed E-state index contributed by atoms with van der Waals surface area (Å²) >= 11 is 0. The molecule has 1 fully saturated rings. The number of carbonyl (C=O) groups excluding carboxylic acids is 1. The van der Waals surface area contributed by atoms with Gasteiger partial charge in [0.05, 0.1) is 44.6 Å². The third-order valence-corrected chi connectivity index (χ3v) is 8.49. The molecular weight excluding hydrogens is 530 g/mol. The molecule has 2 aromatic carbocycles. The second kappa shape index (κ2) is 11.8. The Morgan fingerprint density at radius 3 is 2.60 bits per heavy atom. The molecule has 6 bridgehead atoms. The number of hydrogen-bond acceptors (Lipinski definition) is 7. The minimum atomic E-state index is -0.255. The minimum absolute atomic E-state index is 0.203. The fourth-order valence-electron chi connectivity index (χ4n) is 6.02. The van der Waals surface area contributed by atoms with Crippen molar-refractivity contribution in [2.24, 2.45) is 0 Å². The van der Waals surface area contributed by atoms with Crippen molar-refractivity contribution >= 4 is 17.4 Å². The molecule has 8 nitrogen and oxygen atoms in total. The zero-order chi connectivity index (χ0) is 29.3. The maximum absolute atomic E-state index is 12.5. The number of rotatable bonds is 2. The van der Waals surface area contributed by atoms with Gasteiger partial charge in [0.2, 0.25) is 0 Å². The number of aromatic nitrogens is 2. The molecule has 0 N–H and O–H groups in total. The van der Waals surface area contributed by atoms with E-state index in [1.54, 1.807) is 0 Å². The van der Waals surface area contributed by atoms with E-state index in [1.807, 2.05) is 6.07 Å². The molecule has 7 rings (SSSR count). The summed E-state index contributed by atoms with van der Waals surface area (Å²) in [6, 6.07) is 16.8.